The number of halogens is 2. The van der Waals surface area contributed by atoms with Crippen molar-refractivity contribution in [3.05, 3.63) is 87.4 Å². The quantitative estimate of drug-likeness (QED) is 0.365. The SMILES string of the molecule is CC(C)C1ON=C(c2c(Cl)cccc2Cl)C1COc1ccc(-c2ccc3c(c2)CC(C(=O)O)C3)cc1. The first kappa shape index (κ1) is 24.7. The number of ether oxygens (including phenoxy) is 1. The second-order valence-corrected chi connectivity index (χ2v) is 10.6. The molecule has 0 fully saturated rings. The highest BCUT2D eigenvalue weighted by Gasteiger charge is 2.39. The number of carboxylic acids is 1. The second kappa shape index (κ2) is 10.2. The lowest BCUT2D eigenvalue weighted by atomic mass is 9.87. The van der Waals surface area contributed by atoms with E-state index in [1.54, 1.807) is 12.1 Å². The van der Waals surface area contributed by atoms with Crippen LogP contribution in [-0.4, -0.2) is 29.5 Å². The molecule has 0 amide bonds. The Morgan fingerprint density at radius 3 is 2.36 bits per heavy atom. The second-order valence-electron chi connectivity index (χ2n) is 9.76. The molecule has 0 bridgehead atoms. The van der Waals surface area contributed by atoms with E-state index in [2.05, 4.69) is 31.1 Å². The van der Waals surface area contributed by atoms with Crippen LogP contribution in [0.15, 0.2) is 65.8 Å². The molecule has 3 atom stereocenters. The zero-order valence-electron chi connectivity index (χ0n) is 20.1. The molecule has 1 heterocycles. The number of oxime groups is 1. The maximum Gasteiger partial charge on any atom is 0.307 e. The molecule has 3 aromatic carbocycles. The molecule has 5 nitrogen and oxygen atoms in total. The summed E-state index contributed by atoms with van der Waals surface area (Å²) in [5.41, 5.74) is 5.76. The van der Waals surface area contributed by atoms with Crippen LogP contribution in [0.2, 0.25) is 10.0 Å². The van der Waals surface area contributed by atoms with Crippen LogP contribution >= 0.6 is 23.2 Å². The summed E-state index contributed by atoms with van der Waals surface area (Å²) in [6.07, 6.45) is 1.04. The Kier molecular flexibility index (Phi) is 6.96. The van der Waals surface area contributed by atoms with Crippen LogP contribution in [0.25, 0.3) is 11.1 Å². The fraction of sp³-hybridized carbons (Fsp3) is 0.310. The van der Waals surface area contributed by atoms with E-state index >= 15 is 0 Å². The zero-order valence-corrected chi connectivity index (χ0v) is 21.6. The fourth-order valence-electron chi connectivity index (χ4n) is 5.05. The first-order valence-electron chi connectivity index (χ1n) is 12.1. The molecule has 2 aliphatic rings. The standard InChI is InChI=1S/C29H27Cl2NO4/c1-16(2)28-23(27(32-36-28)26-24(30)4-3-5-25(26)31)15-35-22-10-8-17(9-11-22)18-6-7-19-13-21(29(33)34)14-20(19)12-18/h3-12,16,21,23,28H,13-15H2,1-2H3,(H,33,34). The van der Waals surface area contributed by atoms with Gasteiger partial charge in [-0.25, -0.2) is 0 Å². The van der Waals surface area contributed by atoms with Crippen LogP contribution in [0.3, 0.4) is 0 Å². The van der Waals surface area contributed by atoms with Gasteiger partial charge in [0.2, 0.25) is 0 Å². The summed E-state index contributed by atoms with van der Waals surface area (Å²) < 4.78 is 6.19. The van der Waals surface area contributed by atoms with Gasteiger partial charge in [0.05, 0.1) is 21.9 Å². The highest BCUT2D eigenvalue weighted by Crippen LogP contribution is 2.35. The van der Waals surface area contributed by atoms with Crippen LogP contribution in [0.5, 0.6) is 5.75 Å². The number of nitrogens with zero attached hydrogens (tertiary/aromatic N) is 1. The van der Waals surface area contributed by atoms with Crippen molar-refractivity contribution in [2.75, 3.05) is 6.61 Å². The predicted molar refractivity (Wildman–Crippen MR) is 142 cm³/mol. The minimum Gasteiger partial charge on any atom is -0.493 e. The number of benzene rings is 3. The summed E-state index contributed by atoms with van der Waals surface area (Å²) in [6.45, 7) is 4.56. The molecule has 36 heavy (non-hydrogen) atoms. The smallest absolute Gasteiger partial charge is 0.307 e. The Morgan fingerprint density at radius 2 is 1.69 bits per heavy atom. The van der Waals surface area contributed by atoms with Crippen LogP contribution in [0, 0.1) is 17.8 Å². The van der Waals surface area contributed by atoms with E-state index in [4.69, 9.17) is 32.8 Å². The fourth-order valence-corrected chi connectivity index (χ4v) is 5.64. The van der Waals surface area contributed by atoms with Crippen molar-refractivity contribution in [2.24, 2.45) is 22.9 Å². The van der Waals surface area contributed by atoms with E-state index in [0.717, 1.165) is 28.0 Å². The molecular formula is C29H27Cl2NO4. The summed E-state index contributed by atoms with van der Waals surface area (Å²) in [6, 6.07) is 19.5. The van der Waals surface area contributed by atoms with Gasteiger partial charge in [-0.15, -0.1) is 0 Å². The lowest BCUT2D eigenvalue weighted by Crippen LogP contribution is -2.33. The Hall–Kier alpha value is -3.02. The minimum absolute atomic E-state index is 0.124. The average Bonchev–Trinajstić information content (AvgIpc) is 3.47. The molecule has 0 saturated heterocycles. The van der Waals surface area contributed by atoms with E-state index < -0.39 is 5.97 Å². The summed E-state index contributed by atoms with van der Waals surface area (Å²) in [7, 11) is 0. The van der Waals surface area contributed by atoms with Gasteiger partial charge in [-0.1, -0.05) is 78.6 Å². The van der Waals surface area contributed by atoms with E-state index in [1.807, 2.05) is 36.4 Å². The number of carbonyl (C=O) groups is 1. The molecule has 0 radical (unpaired) electrons. The third-order valence-electron chi connectivity index (χ3n) is 7.00. The van der Waals surface area contributed by atoms with Gasteiger partial charge in [-0.3, -0.25) is 4.79 Å². The van der Waals surface area contributed by atoms with Crippen LogP contribution in [-0.2, 0) is 22.5 Å². The summed E-state index contributed by atoms with van der Waals surface area (Å²) in [4.78, 5) is 17.2. The third-order valence-corrected chi connectivity index (χ3v) is 7.63. The minimum atomic E-state index is -0.730. The van der Waals surface area contributed by atoms with Crippen LogP contribution < -0.4 is 4.74 Å². The number of hydrogen-bond acceptors (Lipinski definition) is 4. The van der Waals surface area contributed by atoms with Gasteiger partial charge in [0.25, 0.3) is 0 Å². The van der Waals surface area contributed by atoms with E-state index in [-0.39, 0.29) is 23.9 Å². The van der Waals surface area contributed by atoms with Gasteiger partial charge in [-0.05, 0) is 65.3 Å². The maximum absolute atomic E-state index is 11.4. The lowest BCUT2D eigenvalue weighted by molar-refractivity contribution is -0.141. The number of aliphatic carboxylic acids is 1. The molecule has 0 aromatic heterocycles. The Labute approximate surface area is 220 Å². The molecule has 7 heteroatoms. The highest BCUT2D eigenvalue weighted by molar-refractivity contribution is 6.40. The summed E-state index contributed by atoms with van der Waals surface area (Å²) in [5, 5.41) is 14.8. The van der Waals surface area contributed by atoms with Crippen molar-refractivity contribution in [3.63, 3.8) is 0 Å². The molecule has 3 aromatic rings. The van der Waals surface area contributed by atoms with E-state index in [0.29, 0.717) is 40.8 Å². The molecule has 1 aliphatic heterocycles. The van der Waals surface area contributed by atoms with Gasteiger partial charge in [-0.2, -0.15) is 0 Å². The van der Waals surface area contributed by atoms with Crippen LogP contribution in [0.4, 0.5) is 0 Å². The topological polar surface area (TPSA) is 68.1 Å². The largest absolute Gasteiger partial charge is 0.493 e. The number of fused-ring (bicyclic) bond motifs is 1. The van der Waals surface area contributed by atoms with Gasteiger partial charge in [0, 0.05) is 5.56 Å². The van der Waals surface area contributed by atoms with Crippen molar-refractivity contribution < 1.29 is 19.5 Å². The summed E-state index contributed by atoms with van der Waals surface area (Å²) in [5.74, 6) is -0.212. The van der Waals surface area contributed by atoms with Gasteiger partial charge in [0.1, 0.15) is 24.2 Å². The van der Waals surface area contributed by atoms with Gasteiger partial charge in [0.15, 0.2) is 0 Å². The molecule has 5 rings (SSSR count). The highest BCUT2D eigenvalue weighted by atomic mass is 35.5. The molecule has 3 unspecified atom stereocenters. The maximum atomic E-state index is 11.4. The van der Waals surface area contributed by atoms with Crippen molar-refractivity contribution in [1.82, 2.24) is 0 Å². The van der Waals surface area contributed by atoms with E-state index in [1.165, 1.54) is 0 Å². The predicted octanol–water partition coefficient (Wildman–Crippen LogP) is 6.91. The van der Waals surface area contributed by atoms with Gasteiger partial charge < -0.3 is 14.7 Å². The lowest BCUT2D eigenvalue weighted by Gasteiger charge is -2.23. The van der Waals surface area contributed by atoms with E-state index in [9.17, 15) is 9.90 Å². The molecule has 1 aliphatic carbocycles. The van der Waals surface area contributed by atoms with Crippen molar-refractivity contribution in [1.29, 1.82) is 0 Å². The normalized spacial score (nSPS) is 20.7. The summed E-state index contributed by atoms with van der Waals surface area (Å²) >= 11 is 12.9. The Bertz CT molecular complexity index is 1300. The first-order chi connectivity index (χ1) is 17.3. The molecule has 0 saturated carbocycles. The van der Waals surface area contributed by atoms with Crippen molar-refractivity contribution >= 4 is 34.9 Å². The molecule has 1 N–H and O–H groups in total. The Morgan fingerprint density at radius 1 is 1.03 bits per heavy atom. The molecule has 0 spiro atoms. The van der Waals surface area contributed by atoms with Crippen LogP contribution in [0.1, 0.15) is 30.5 Å². The third kappa shape index (κ3) is 4.82. The number of carboxylic acid groups (broad SMARTS) is 1. The van der Waals surface area contributed by atoms with Crippen molar-refractivity contribution in [3.8, 4) is 16.9 Å². The van der Waals surface area contributed by atoms with Crippen molar-refractivity contribution in [2.45, 2.75) is 32.8 Å². The monoisotopic (exact) mass is 523 g/mol. The zero-order chi connectivity index (χ0) is 25.4. The average molecular weight is 524 g/mol. The molecular weight excluding hydrogens is 497 g/mol. The first-order valence-corrected chi connectivity index (χ1v) is 12.8. The number of rotatable bonds is 7. The van der Waals surface area contributed by atoms with Gasteiger partial charge >= 0.3 is 5.97 Å². The number of hydrogen-bond donors (Lipinski definition) is 1. The Balaban J connectivity index is 1.31. The molecule has 186 valence electrons.